The molecule has 1 aromatic rings. The van der Waals surface area contributed by atoms with E-state index >= 15 is 0 Å². The van der Waals surface area contributed by atoms with Crippen molar-refractivity contribution < 1.29 is 14.4 Å². The van der Waals surface area contributed by atoms with Crippen LogP contribution in [0.1, 0.15) is 61.0 Å². The zero-order chi connectivity index (χ0) is 16.4. The third-order valence-corrected chi connectivity index (χ3v) is 4.75. The predicted octanol–water partition coefficient (Wildman–Crippen LogP) is 2.52. The fourth-order valence-corrected chi connectivity index (χ4v) is 3.57. The van der Waals surface area contributed by atoms with Crippen molar-refractivity contribution in [3.8, 4) is 0 Å². The molecule has 3 rings (SSSR count). The Morgan fingerprint density at radius 2 is 1.74 bits per heavy atom. The summed E-state index contributed by atoms with van der Waals surface area (Å²) in [6.07, 6.45) is 4.56. The van der Waals surface area contributed by atoms with Gasteiger partial charge in [-0.15, -0.1) is 0 Å². The molecule has 5 nitrogen and oxygen atoms in total. The van der Waals surface area contributed by atoms with Gasteiger partial charge < -0.3 is 4.90 Å². The van der Waals surface area contributed by atoms with E-state index in [1.807, 2.05) is 17.0 Å². The van der Waals surface area contributed by atoms with Gasteiger partial charge in [-0.2, -0.15) is 0 Å². The first-order valence-electron chi connectivity index (χ1n) is 8.30. The van der Waals surface area contributed by atoms with Crippen molar-refractivity contribution in [2.45, 2.75) is 45.1 Å². The molecule has 122 valence electrons. The van der Waals surface area contributed by atoms with Gasteiger partial charge in [-0.05, 0) is 24.5 Å². The van der Waals surface area contributed by atoms with Crippen LogP contribution in [0.25, 0.3) is 0 Å². The Bertz CT molecular complexity index is 633. The lowest BCUT2D eigenvalue weighted by Crippen LogP contribution is -2.38. The normalized spacial score (nSPS) is 21.1. The van der Waals surface area contributed by atoms with E-state index < -0.39 is 6.04 Å². The molecule has 2 heterocycles. The molecule has 2 aliphatic rings. The highest BCUT2D eigenvalue weighted by Gasteiger charge is 2.40. The molecule has 0 aromatic heterocycles. The predicted molar refractivity (Wildman–Crippen MR) is 85.7 cm³/mol. The number of amides is 3. The minimum absolute atomic E-state index is 0.0349. The van der Waals surface area contributed by atoms with Gasteiger partial charge in [0.05, 0.1) is 12.5 Å². The summed E-state index contributed by atoms with van der Waals surface area (Å²) in [7, 11) is 0. The fourth-order valence-electron chi connectivity index (χ4n) is 3.57. The second-order valence-corrected chi connectivity index (χ2v) is 6.30. The zero-order valence-corrected chi connectivity index (χ0v) is 13.5. The summed E-state index contributed by atoms with van der Waals surface area (Å²) in [5.41, 5.74) is 1.33. The van der Waals surface area contributed by atoms with Gasteiger partial charge >= 0.3 is 0 Å². The molecule has 1 fully saturated rings. The number of imide groups is 1. The van der Waals surface area contributed by atoms with Crippen molar-refractivity contribution in [1.82, 2.24) is 9.80 Å². The number of carbonyl (C=O) groups is 3. The van der Waals surface area contributed by atoms with Crippen LogP contribution in [0.15, 0.2) is 24.3 Å². The number of rotatable bonds is 2. The van der Waals surface area contributed by atoms with Gasteiger partial charge in [0.25, 0.3) is 5.91 Å². The summed E-state index contributed by atoms with van der Waals surface area (Å²) in [5.74, 6) is -0.561. The van der Waals surface area contributed by atoms with Crippen LogP contribution in [0, 0.1) is 0 Å². The molecule has 1 atom stereocenters. The van der Waals surface area contributed by atoms with Crippen molar-refractivity contribution in [3.05, 3.63) is 35.4 Å². The summed E-state index contributed by atoms with van der Waals surface area (Å²) in [6.45, 7) is 2.94. The first-order chi connectivity index (χ1) is 11.1. The lowest BCUT2D eigenvalue weighted by molar-refractivity contribution is -0.134. The van der Waals surface area contributed by atoms with Crippen LogP contribution in [0.4, 0.5) is 0 Å². The first-order valence-corrected chi connectivity index (χ1v) is 8.30. The lowest BCUT2D eigenvalue weighted by Gasteiger charge is -2.26. The summed E-state index contributed by atoms with van der Waals surface area (Å²) < 4.78 is 0. The molecule has 1 saturated heterocycles. The monoisotopic (exact) mass is 314 g/mol. The van der Waals surface area contributed by atoms with Crippen LogP contribution in [0.5, 0.6) is 0 Å². The maximum atomic E-state index is 12.7. The van der Waals surface area contributed by atoms with Gasteiger partial charge in [0, 0.05) is 25.6 Å². The summed E-state index contributed by atoms with van der Waals surface area (Å²) in [6, 6.07) is 6.74. The van der Waals surface area contributed by atoms with E-state index in [0.717, 1.165) is 44.3 Å². The number of hydrogen-bond acceptors (Lipinski definition) is 3. The number of carbonyl (C=O) groups excluding carboxylic acids is 3. The number of nitrogens with zero attached hydrogens (tertiary/aromatic N) is 2. The van der Waals surface area contributed by atoms with E-state index in [9.17, 15) is 14.4 Å². The molecule has 3 amide bonds. The lowest BCUT2D eigenvalue weighted by atomic mass is 10.0. The largest absolute Gasteiger partial charge is 0.343 e. The van der Waals surface area contributed by atoms with Crippen LogP contribution in [-0.2, 0) is 9.59 Å². The number of likely N-dealkylation sites (tertiary alicyclic amines) is 1. The van der Waals surface area contributed by atoms with E-state index in [0.29, 0.717) is 5.56 Å². The van der Waals surface area contributed by atoms with Crippen LogP contribution < -0.4 is 0 Å². The summed E-state index contributed by atoms with van der Waals surface area (Å²) in [4.78, 5) is 40.2. The van der Waals surface area contributed by atoms with Crippen LogP contribution in [0.3, 0.4) is 0 Å². The van der Waals surface area contributed by atoms with Gasteiger partial charge in [-0.3, -0.25) is 19.3 Å². The molecule has 0 spiro atoms. The second-order valence-electron chi connectivity index (χ2n) is 6.30. The molecular formula is C18H22N2O3. The van der Waals surface area contributed by atoms with Gasteiger partial charge in [0.15, 0.2) is 0 Å². The van der Waals surface area contributed by atoms with Gasteiger partial charge in [0.2, 0.25) is 11.8 Å². The minimum atomic E-state index is -0.466. The van der Waals surface area contributed by atoms with Crippen LogP contribution >= 0.6 is 0 Å². The SMILES string of the molecule is CC(=O)N1C(=O)c2ccccc2C1CC(=O)N1CCCCCC1. The molecule has 5 heteroatoms. The smallest absolute Gasteiger partial charge is 0.261 e. The Labute approximate surface area is 136 Å². The Morgan fingerprint density at radius 3 is 2.39 bits per heavy atom. The van der Waals surface area contributed by atoms with Crippen LogP contribution in [0.2, 0.25) is 0 Å². The van der Waals surface area contributed by atoms with Crippen LogP contribution in [-0.4, -0.2) is 40.6 Å². The van der Waals surface area contributed by atoms with E-state index in [1.54, 1.807) is 12.1 Å². The quantitative estimate of drug-likeness (QED) is 0.843. The topological polar surface area (TPSA) is 57.7 Å². The molecule has 0 aliphatic carbocycles. The highest BCUT2D eigenvalue weighted by atomic mass is 16.2. The Balaban J connectivity index is 1.83. The number of hydrogen-bond donors (Lipinski definition) is 0. The fraction of sp³-hybridized carbons (Fsp3) is 0.500. The zero-order valence-electron chi connectivity index (χ0n) is 13.5. The maximum Gasteiger partial charge on any atom is 0.261 e. The molecule has 0 N–H and O–H groups in total. The molecular weight excluding hydrogens is 292 g/mol. The molecule has 2 aliphatic heterocycles. The number of benzene rings is 1. The third kappa shape index (κ3) is 3.00. The van der Waals surface area contributed by atoms with Crippen molar-refractivity contribution >= 4 is 17.7 Å². The molecule has 1 aromatic carbocycles. The Morgan fingerprint density at radius 1 is 1.09 bits per heavy atom. The van der Waals surface area contributed by atoms with Gasteiger partial charge in [0.1, 0.15) is 0 Å². The Hall–Kier alpha value is -2.17. The molecule has 0 radical (unpaired) electrons. The minimum Gasteiger partial charge on any atom is -0.343 e. The van der Waals surface area contributed by atoms with Crippen molar-refractivity contribution in [1.29, 1.82) is 0 Å². The molecule has 23 heavy (non-hydrogen) atoms. The average molecular weight is 314 g/mol. The van der Waals surface area contributed by atoms with Crippen molar-refractivity contribution in [2.75, 3.05) is 13.1 Å². The van der Waals surface area contributed by atoms with Crippen molar-refractivity contribution in [2.24, 2.45) is 0 Å². The van der Waals surface area contributed by atoms with E-state index in [4.69, 9.17) is 0 Å². The summed E-state index contributed by atoms with van der Waals surface area (Å²) >= 11 is 0. The van der Waals surface area contributed by atoms with Gasteiger partial charge in [-0.25, -0.2) is 0 Å². The van der Waals surface area contributed by atoms with E-state index in [1.165, 1.54) is 11.8 Å². The molecule has 0 bridgehead atoms. The summed E-state index contributed by atoms with van der Waals surface area (Å²) in [5, 5.41) is 0. The highest BCUT2D eigenvalue weighted by Crippen LogP contribution is 2.36. The molecule has 1 unspecified atom stereocenters. The Kier molecular flexibility index (Phi) is 4.46. The number of fused-ring (bicyclic) bond motifs is 1. The second kappa shape index (κ2) is 6.52. The van der Waals surface area contributed by atoms with E-state index in [2.05, 4.69) is 0 Å². The highest BCUT2D eigenvalue weighted by molar-refractivity contribution is 6.08. The molecule has 0 saturated carbocycles. The van der Waals surface area contributed by atoms with E-state index in [-0.39, 0.29) is 24.1 Å². The van der Waals surface area contributed by atoms with Gasteiger partial charge in [-0.1, -0.05) is 31.0 Å². The van der Waals surface area contributed by atoms with Crippen molar-refractivity contribution in [3.63, 3.8) is 0 Å². The average Bonchev–Trinajstić information content (AvgIpc) is 2.73. The first kappa shape index (κ1) is 15.7. The maximum absolute atomic E-state index is 12.7. The third-order valence-electron chi connectivity index (χ3n) is 4.75. The standard InChI is InChI=1S/C18H22N2O3/c1-13(21)20-16(14-8-4-5-9-15(14)18(20)23)12-17(22)19-10-6-2-3-7-11-19/h4-5,8-9,16H,2-3,6-7,10-12H2,1H3.